The summed E-state index contributed by atoms with van der Waals surface area (Å²) in [6, 6.07) is 16.0. The number of nitrogens with one attached hydrogen (secondary N) is 1. The molecule has 2 aromatic heterocycles. The third-order valence-corrected chi connectivity index (χ3v) is 5.41. The fraction of sp³-hybridized carbons (Fsp3) is 0.182. The maximum absolute atomic E-state index is 15.4. The lowest BCUT2D eigenvalue weighted by molar-refractivity contribution is 0.289. The third kappa shape index (κ3) is 2.71. The van der Waals surface area contributed by atoms with Crippen LogP contribution in [0, 0.1) is 5.82 Å². The summed E-state index contributed by atoms with van der Waals surface area (Å²) in [6.07, 6.45) is 3.54. The average molecular weight is 358 g/mol. The molecule has 5 heteroatoms. The Morgan fingerprint density at radius 1 is 1.15 bits per heavy atom. The first-order valence-corrected chi connectivity index (χ1v) is 9.05. The highest BCUT2D eigenvalue weighted by atomic mass is 19.1. The van der Waals surface area contributed by atoms with Gasteiger partial charge in [-0.15, -0.1) is 0 Å². The van der Waals surface area contributed by atoms with Crippen molar-refractivity contribution in [2.75, 3.05) is 13.6 Å². The molecule has 27 heavy (non-hydrogen) atoms. The standard InChI is InChI=1S/C22H19FN4/c1-27-12-18(14-4-7-20-15(11-14)8-10-24-20)16-5-6-17(22(23)19(16)13-27)21-3-2-9-25-26-21/h2-11,18,24H,12-13H2,1H3. The molecule has 0 spiro atoms. The molecule has 0 amide bonds. The Hall–Kier alpha value is -3.05. The smallest absolute Gasteiger partial charge is 0.137 e. The molecule has 0 saturated heterocycles. The van der Waals surface area contributed by atoms with Gasteiger partial charge in [0, 0.05) is 48.0 Å². The lowest BCUT2D eigenvalue weighted by Crippen LogP contribution is -2.31. The second-order valence-electron chi connectivity index (χ2n) is 7.18. The molecule has 3 heterocycles. The van der Waals surface area contributed by atoms with E-state index in [0.29, 0.717) is 17.8 Å². The average Bonchev–Trinajstić information content (AvgIpc) is 3.17. The highest BCUT2D eigenvalue weighted by Gasteiger charge is 2.28. The number of halogens is 1. The molecule has 0 radical (unpaired) electrons. The number of benzene rings is 2. The maximum atomic E-state index is 15.4. The predicted octanol–water partition coefficient (Wildman–Crippen LogP) is 4.34. The van der Waals surface area contributed by atoms with Crippen LogP contribution in [0.5, 0.6) is 0 Å². The highest BCUT2D eigenvalue weighted by Crippen LogP contribution is 2.37. The normalized spacial score (nSPS) is 17.2. The second kappa shape index (κ2) is 6.28. The molecule has 1 aliphatic heterocycles. The number of aromatic nitrogens is 3. The number of nitrogens with zero attached hydrogens (tertiary/aromatic N) is 3. The van der Waals surface area contributed by atoms with Crippen molar-refractivity contribution in [2.45, 2.75) is 12.5 Å². The number of likely N-dealkylation sites (N-methyl/N-ethyl adjacent to an activating group) is 1. The lowest BCUT2D eigenvalue weighted by Gasteiger charge is -2.33. The zero-order valence-electron chi connectivity index (χ0n) is 15.0. The SMILES string of the molecule is CN1Cc2c(ccc(-c3cccnn3)c2F)C(c2ccc3[nH]ccc3c2)C1. The monoisotopic (exact) mass is 358 g/mol. The number of H-pyrrole nitrogens is 1. The van der Waals surface area contributed by atoms with Crippen LogP contribution >= 0.6 is 0 Å². The molecule has 0 saturated carbocycles. The Balaban J connectivity index is 1.64. The van der Waals surface area contributed by atoms with Gasteiger partial charge < -0.3 is 9.88 Å². The second-order valence-corrected chi connectivity index (χ2v) is 7.18. The molecule has 4 aromatic rings. The predicted molar refractivity (Wildman–Crippen MR) is 104 cm³/mol. The van der Waals surface area contributed by atoms with Crippen LogP contribution in [0.4, 0.5) is 4.39 Å². The highest BCUT2D eigenvalue weighted by molar-refractivity contribution is 5.80. The summed E-state index contributed by atoms with van der Waals surface area (Å²) < 4.78 is 15.4. The lowest BCUT2D eigenvalue weighted by atomic mass is 9.83. The zero-order chi connectivity index (χ0) is 18.4. The van der Waals surface area contributed by atoms with Gasteiger partial charge in [0.1, 0.15) is 5.82 Å². The van der Waals surface area contributed by atoms with Crippen molar-refractivity contribution in [3.05, 3.63) is 83.4 Å². The molecule has 1 atom stereocenters. The van der Waals surface area contributed by atoms with E-state index in [9.17, 15) is 0 Å². The summed E-state index contributed by atoms with van der Waals surface area (Å²) in [6.45, 7) is 1.46. The van der Waals surface area contributed by atoms with Gasteiger partial charge in [-0.1, -0.05) is 12.1 Å². The number of hydrogen-bond donors (Lipinski definition) is 1. The van der Waals surface area contributed by atoms with Crippen molar-refractivity contribution in [3.8, 4) is 11.3 Å². The van der Waals surface area contributed by atoms with Crippen LogP contribution in [0.25, 0.3) is 22.2 Å². The molecule has 1 N–H and O–H groups in total. The van der Waals surface area contributed by atoms with Crippen LogP contribution in [0.15, 0.2) is 60.9 Å². The van der Waals surface area contributed by atoms with Crippen LogP contribution in [-0.4, -0.2) is 33.7 Å². The fourth-order valence-electron chi connectivity index (χ4n) is 4.08. The van der Waals surface area contributed by atoms with Gasteiger partial charge in [0.05, 0.1) is 5.69 Å². The topological polar surface area (TPSA) is 44.8 Å². The Labute approximate surface area is 156 Å². The Morgan fingerprint density at radius 2 is 2.07 bits per heavy atom. The Kier molecular flexibility index (Phi) is 3.76. The van der Waals surface area contributed by atoms with Crippen LogP contribution in [0.1, 0.15) is 22.6 Å². The first-order valence-electron chi connectivity index (χ1n) is 9.05. The van der Waals surface area contributed by atoms with Crippen LogP contribution in [0.3, 0.4) is 0 Å². The molecular formula is C22H19FN4. The van der Waals surface area contributed by atoms with Gasteiger partial charge in [-0.3, -0.25) is 0 Å². The van der Waals surface area contributed by atoms with E-state index < -0.39 is 0 Å². The summed E-state index contributed by atoms with van der Waals surface area (Å²) in [5.74, 6) is -0.0456. The minimum atomic E-state index is -0.188. The van der Waals surface area contributed by atoms with Crippen molar-refractivity contribution in [2.24, 2.45) is 0 Å². The summed E-state index contributed by atoms with van der Waals surface area (Å²) in [5.41, 5.74) is 5.22. The van der Waals surface area contributed by atoms with Gasteiger partial charge in [-0.05, 0) is 60.0 Å². The first kappa shape index (κ1) is 16.1. The molecule has 1 aliphatic rings. The Bertz CT molecular complexity index is 1120. The van der Waals surface area contributed by atoms with Gasteiger partial charge in [0.15, 0.2) is 0 Å². The van der Waals surface area contributed by atoms with E-state index in [4.69, 9.17) is 0 Å². The molecule has 1 unspecified atom stereocenters. The van der Waals surface area contributed by atoms with E-state index in [-0.39, 0.29) is 11.7 Å². The number of fused-ring (bicyclic) bond motifs is 2. The molecule has 0 fully saturated rings. The third-order valence-electron chi connectivity index (χ3n) is 5.41. The zero-order valence-corrected chi connectivity index (χ0v) is 15.0. The van der Waals surface area contributed by atoms with Gasteiger partial charge >= 0.3 is 0 Å². The van der Waals surface area contributed by atoms with Crippen molar-refractivity contribution in [1.29, 1.82) is 0 Å². The van der Waals surface area contributed by atoms with E-state index in [0.717, 1.165) is 23.2 Å². The van der Waals surface area contributed by atoms with Crippen molar-refractivity contribution < 1.29 is 4.39 Å². The molecule has 5 rings (SSSR count). The number of aromatic amines is 1. The van der Waals surface area contributed by atoms with Crippen molar-refractivity contribution in [1.82, 2.24) is 20.1 Å². The summed E-state index contributed by atoms with van der Waals surface area (Å²) >= 11 is 0. The van der Waals surface area contributed by atoms with Gasteiger partial charge in [-0.2, -0.15) is 10.2 Å². The quantitative estimate of drug-likeness (QED) is 0.580. The van der Waals surface area contributed by atoms with Gasteiger partial charge in [0.25, 0.3) is 0 Å². The minimum absolute atomic E-state index is 0.142. The number of hydrogen-bond acceptors (Lipinski definition) is 3. The summed E-state index contributed by atoms with van der Waals surface area (Å²) in [5, 5.41) is 9.14. The molecule has 4 nitrogen and oxygen atoms in total. The fourth-order valence-corrected chi connectivity index (χ4v) is 4.08. The van der Waals surface area contributed by atoms with E-state index in [2.05, 4.69) is 50.4 Å². The van der Waals surface area contributed by atoms with Gasteiger partial charge in [0.2, 0.25) is 0 Å². The van der Waals surface area contributed by atoms with Crippen molar-refractivity contribution >= 4 is 10.9 Å². The van der Waals surface area contributed by atoms with Crippen LogP contribution < -0.4 is 0 Å². The first-order chi connectivity index (χ1) is 13.2. The van der Waals surface area contributed by atoms with Crippen LogP contribution in [0.2, 0.25) is 0 Å². The summed E-state index contributed by atoms with van der Waals surface area (Å²) in [4.78, 5) is 5.41. The Morgan fingerprint density at radius 3 is 2.93 bits per heavy atom. The molecular weight excluding hydrogens is 339 g/mol. The van der Waals surface area contributed by atoms with E-state index in [1.165, 1.54) is 10.9 Å². The largest absolute Gasteiger partial charge is 0.361 e. The van der Waals surface area contributed by atoms with Gasteiger partial charge in [-0.25, -0.2) is 4.39 Å². The van der Waals surface area contributed by atoms with Crippen molar-refractivity contribution in [3.63, 3.8) is 0 Å². The van der Waals surface area contributed by atoms with E-state index in [1.54, 1.807) is 18.3 Å². The maximum Gasteiger partial charge on any atom is 0.137 e. The molecule has 0 aliphatic carbocycles. The molecule has 0 bridgehead atoms. The number of rotatable bonds is 2. The molecule has 2 aromatic carbocycles. The van der Waals surface area contributed by atoms with E-state index >= 15 is 4.39 Å². The minimum Gasteiger partial charge on any atom is -0.361 e. The molecule has 134 valence electrons. The summed E-state index contributed by atoms with van der Waals surface area (Å²) in [7, 11) is 2.04. The van der Waals surface area contributed by atoms with E-state index in [1.807, 2.05) is 19.3 Å². The van der Waals surface area contributed by atoms with Crippen LogP contribution in [-0.2, 0) is 6.54 Å².